The molecule has 1 N–H and O–H groups in total. The summed E-state index contributed by atoms with van der Waals surface area (Å²) in [4.78, 5) is 55.4. The lowest BCUT2D eigenvalue weighted by molar-refractivity contribution is -0.141. The average Bonchev–Trinajstić information content (AvgIpc) is 2.72. The molecule has 0 radical (unpaired) electrons. The summed E-state index contributed by atoms with van der Waals surface area (Å²) in [6.07, 6.45) is -2.23. The number of rotatable bonds is 8. The smallest absolute Gasteiger partial charge is 0.433 e. The molecule has 0 rings (SSSR count). The van der Waals surface area contributed by atoms with Crippen LogP contribution in [0.2, 0.25) is 0 Å². The van der Waals surface area contributed by atoms with E-state index in [1.165, 1.54) is 6.92 Å². The van der Waals surface area contributed by atoms with Gasteiger partial charge in [-0.15, -0.1) is 0 Å². The molecule has 0 aromatic heterocycles. The lowest BCUT2D eigenvalue weighted by Gasteiger charge is -2.25. The van der Waals surface area contributed by atoms with Crippen molar-refractivity contribution in [3.63, 3.8) is 0 Å². The van der Waals surface area contributed by atoms with Gasteiger partial charge in [0.25, 0.3) is 0 Å². The van der Waals surface area contributed by atoms with Crippen molar-refractivity contribution in [1.82, 2.24) is 15.3 Å². The van der Waals surface area contributed by atoms with Gasteiger partial charge in [0.1, 0.15) is 5.84 Å². The second-order valence-corrected chi connectivity index (χ2v) is 5.38. The number of amides is 2. The van der Waals surface area contributed by atoms with E-state index in [-0.39, 0.29) is 13.2 Å². The van der Waals surface area contributed by atoms with Crippen molar-refractivity contribution in [2.24, 2.45) is 4.99 Å². The summed E-state index contributed by atoms with van der Waals surface area (Å²) in [5, 5.41) is 0.401. The first-order valence-electron chi connectivity index (χ1n) is 9.33. The molecule has 0 bridgehead atoms. The highest BCUT2D eigenvalue weighted by Gasteiger charge is 2.35. The van der Waals surface area contributed by atoms with Gasteiger partial charge in [0.2, 0.25) is 0 Å². The van der Waals surface area contributed by atoms with Crippen LogP contribution in [-0.2, 0) is 28.5 Å². The van der Waals surface area contributed by atoms with Gasteiger partial charge in [-0.2, -0.15) is 5.01 Å². The molecule has 0 fully saturated rings. The number of hydrogen-bond acceptors (Lipinski definition) is 9. The fourth-order valence-electron chi connectivity index (χ4n) is 2.23. The van der Waals surface area contributed by atoms with Crippen molar-refractivity contribution >= 4 is 30.0 Å². The van der Waals surface area contributed by atoms with Crippen LogP contribution in [0.3, 0.4) is 0 Å². The minimum absolute atomic E-state index is 0.0111. The van der Waals surface area contributed by atoms with Gasteiger partial charge in [-0.1, -0.05) is 0 Å². The first-order valence-corrected chi connectivity index (χ1v) is 9.33. The van der Waals surface area contributed by atoms with Gasteiger partial charge in [0.05, 0.1) is 27.4 Å². The number of nitrogens with one attached hydrogen (secondary N) is 1. The number of amidine groups is 1. The van der Waals surface area contributed by atoms with E-state index in [9.17, 15) is 19.2 Å². The van der Waals surface area contributed by atoms with Gasteiger partial charge in [-0.05, 0) is 34.6 Å². The zero-order valence-corrected chi connectivity index (χ0v) is 18.4. The highest BCUT2D eigenvalue weighted by Crippen LogP contribution is 2.17. The molecule has 12 heteroatoms. The number of carbonyl (C=O) groups is 4. The van der Waals surface area contributed by atoms with Crippen LogP contribution in [0.4, 0.5) is 9.59 Å². The molecule has 0 spiro atoms. The van der Waals surface area contributed by atoms with Crippen molar-refractivity contribution < 1.29 is 38.1 Å². The molecule has 0 aromatic rings. The summed E-state index contributed by atoms with van der Waals surface area (Å²) >= 11 is 0. The molecule has 170 valence electrons. The van der Waals surface area contributed by atoms with Gasteiger partial charge < -0.3 is 23.8 Å². The number of hydrazine groups is 1. The number of nitrogens with zero attached hydrogens (tertiary/aromatic N) is 3. The summed E-state index contributed by atoms with van der Waals surface area (Å²) in [6.45, 7) is 9.46. The van der Waals surface area contributed by atoms with Crippen LogP contribution < -0.4 is 5.43 Å². The number of methoxy groups -OCH3 is 2. The Morgan fingerprint density at radius 1 is 0.867 bits per heavy atom. The van der Waals surface area contributed by atoms with E-state index in [0.29, 0.717) is 23.9 Å². The number of esters is 2. The number of carbonyl (C=O) groups excluding carboxylic acids is 4. The highest BCUT2D eigenvalue weighted by atomic mass is 16.6. The molecular weight excluding hydrogens is 400 g/mol. The van der Waals surface area contributed by atoms with Gasteiger partial charge in [0.15, 0.2) is 11.4 Å². The summed E-state index contributed by atoms with van der Waals surface area (Å²) in [6, 6.07) is 0. The maximum absolute atomic E-state index is 12.5. The van der Waals surface area contributed by atoms with E-state index in [1.54, 1.807) is 18.7 Å². The standard InChI is InChI=1S/C18H30N4O8/c1-8-21(9-2)12(5)19-13(15(23)27-6)14(16(24)28-7)22(18(26)30-11-4)20-17(25)29-10-3/h8-11H2,1-7H3,(H,20,25)/b14-13-,19-12?. The molecule has 0 atom stereocenters. The van der Waals surface area contributed by atoms with E-state index in [4.69, 9.17) is 18.9 Å². The van der Waals surface area contributed by atoms with Crippen LogP contribution in [0.5, 0.6) is 0 Å². The maximum Gasteiger partial charge on any atom is 0.433 e. The first kappa shape index (κ1) is 26.7. The first-order chi connectivity index (χ1) is 14.2. The van der Waals surface area contributed by atoms with Crippen LogP contribution in [0.1, 0.15) is 34.6 Å². The molecule has 2 amide bonds. The minimum Gasteiger partial charge on any atom is -0.464 e. The van der Waals surface area contributed by atoms with Crippen LogP contribution >= 0.6 is 0 Å². The molecule has 0 aromatic carbocycles. The van der Waals surface area contributed by atoms with Crippen molar-refractivity contribution in [3.05, 3.63) is 11.4 Å². The zero-order valence-electron chi connectivity index (χ0n) is 18.4. The Balaban J connectivity index is 6.83. The van der Waals surface area contributed by atoms with Crippen molar-refractivity contribution in [3.8, 4) is 0 Å². The predicted octanol–water partition coefficient (Wildman–Crippen LogP) is 1.42. The molecule has 0 heterocycles. The molecule has 0 unspecified atom stereocenters. The minimum atomic E-state index is -1.16. The second-order valence-electron chi connectivity index (χ2n) is 5.38. The van der Waals surface area contributed by atoms with Crippen LogP contribution in [0, 0.1) is 0 Å². The predicted molar refractivity (Wildman–Crippen MR) is 106 cm³/mol. The van der Waals surface area contributed by atoms with E-state index >= 15 is 0 Å². The summed E-state index contributed by atoms with van der Waals surface area (Å²) in [7, 11) is 2.11. The summed E-state index contributed by atoms with van der Waals surface area (Å²) < 4.78 is 19.1. The molecule has 0 aliphatic rings. The summed E-state index contributed by atoms with van der Waals surface area (Å²) in [5.41, 5.74) is 0.779. The lowest BCUT2D eigenvalue weighted by Crippen LogP contribution is -2.49. The van der Waals surface area contributed by atoms with Gasteiger partial charge >= 0.3 is 24.1 Å². The van der Waals surface area contributed by atoms with Crippen molar-refractivity contribution in [2.75, 3.05) is 40.5 Å². The van der Waals surface area contributed by atoms with Crippen molar-refractivity contribution in [2.45, 2.75) is 34.6 Å². The molecule has 30 heavy (non-hydrogen) atoms. The zero-order chi connectivity index (χ0) is 23.3. The monoisotopic (exact) mass is 430 g/mol. The number of hydrogen-bond donors (Lipinski definition) is 1. The van der Waals surface area contributed by atoms with E-state index < -0.39 is 35.5 Å². The Bertz CT molecular complexity index is 686. The Morgan fingerprint density at radius 2 is 1.40 bits per heavy atom. The third-order valence-corrected chi connectivity index (χ3v) is 3.63. The van der Waals surface area contributed by atoms with E-state index in [0.717, 1.165) is 14.2 Å². The fraction of sp³-hybridized carbons (Fsp3) is 0.611. The largest absolute Gasteiger partial charge is 0.464 e. The number of aliphatic imine (C=N–C) groups is 1. The lowest BCUT2D eigenvalue weighted by atomic mass is 10.3. The fourth-order valence-corrected chi connectivity index (χ4v) is 2.23. The summed E-state index contributed by atoms with van der Waals surface area (Å²) in [5.74, 6) is -1.82. The van der Waals surface area contributed by atoms with Crippen LogP contribution in [-0.4, -0.2) is 80.4 Å². The van der Waals surface area contributed by atoms with Crippen LogP contribution in [0.25, 0.3) is 0 Å². The molecule has 0 aliphatic carbocycles. The second kappa shape index (κ2) is 13.8. The Morgan fingerprint density at radius 3 is 1.83 bits per heavy atom. The van der Waals surface area contributed by atoms with E-state index in [1.807, 2.05) is 13.8 Å². The molecule has 0 saturated heterocycles. The van der Waals surface area contributed by atoms with E-state index in [2.05, 4.69) is 10.4 Å². The quantitative estimate of drug-likeness (QED) is 0.151. The topological polar surface area (TPSA) is 136 Å². The Kier molecular flexibility index (Phi) is 12.3. The Labute approximate surface area is 175 Å². The third kappa shape index (κ3) is 7.60. The third-order valence-electron chi connectivity index (χ3n) is 3.63. The average molecular weight is 430 g/mol. The molecule has 12 nitrogen and oxygen atoms in total. The Hall–Kier alpha value is -3.31. The van der Waals surface area contributed by atoms with Gasteiger partial charge in [-0.25, -0.2) is 29.6 Å². The van der Waals surface area contributed by atoms with Crippen molar-refractivity contribution in [1.29, 1.82) is 0 Å². The maximum atomic E-state index is 12.5. The normalized spacial score (nSPS) is 11.6. The van der Waals surface area contributed by atoms with Crippen LogP contribution in [0.15, 0.2) is 16.4 Å². The van der Waals surface area contributed by atoms with Gasteiger partial charge in [-0.3, -0.25) is 0 Å². The molecule has 0 saturated carbocycles. The highest BCUT2D eigenvalue weighted by molar-refractivity contribution is 6.03. The molecule has 0 aliphatic heterocycles. The number of ether oxygens (including phenoxy) is 4. The van der Waals surface area contributed by atoms with Gasteiger partial charge in [0, 0.05) is 13.1 Å². The SMILES string of the molecule is CCOC(=O)NN(C(=O)OCC)/C(C(=O)OC)=C(\N=C(C)N(CC)CC)C(=O)OC. The molecular formula is C18H30N4O8.